The van der Waals surface area contributed by atoms with E-state index in [0.29, 0.717) is 22.7 Å². The highest BCUT2D eigenvalue weighted by Gasteiger charge is 2.16. The Labute approximate surface area is 181 Å². The Hall–Kier alpha value is -3.75. The monoisotopic (exact) mass is 425 g/mol. The molecule has 4 N–H and O–H groups in total. The number of amides is 2. The summed E-state index contributed by atoms with van der Waals surface area (Å²) >= 11 is 0. The van der Waals surface area contributed by atoms with Crippen LogP contribution in [0.15, 0.2) is 58.8 Å². The number of azo groups is 1. The number of ketones is 1. The first kappa shape index (κ1) is 23.5. The molecule has 0 saturated heterocycles. The molecule has 31 heavy (non-hydrogen) atoms. The number of benzene rings is 2. The summed E-state index contributed by atoms with van der Waals surface area (Å²) in [6.07, 6.45) is -0.651. The number of nitrogen functional groups attached to an aromatic ring is 1. The van der Waals surface area contributed by atoms with Crippen molar-refractivity contribution in [1.29, 1.82) is 0 Å². The van der Waals surface area contributed by atoms with Crippen molar-refractivity contribution in [2.24, 2.45) is 10.2 Å². The van der Waals surface area contributed by atoms with E-state index in [4.69, 9.17) is 10.5 Å². The molecule has 0 fully saturated rings. The number of nitrogens with zero attached hydrogens (tertiary/aromatic N) is 2. The molecule has 0 spiro atoms. The normalized spacial score (nSPS) is 11.2. The quantitative estimate of drug-likeness (QED) is 0.423. The van der Waals surface area contributed by atoms with Gasteiger partial charge in [-0.05, 0) is 69.3 Å². The van der Waals surface area contributed by atoms with Crippen LogP contribution in [0.2, 0.25) is 0 Å². The molecule has 2 aromatic rings. The Balaban J connectivity index is 1.73. The van der Waals surface area contributed by atoms with Crippen molar-refractivity contribution in [1.82, 2.24) is 5.32 Å². The average molecular weight is 425 g/mol. The molecule has 0 heterocycles. The van der Waals surface area contributed by atoms with Gasteiger partial charge in [0.1, 0.15) is 5.60 Å². The number of alkyl carbamates (subject to hydrolysis) is 1. The Kier molecular flexibility index (Phi) is 8.25. The lowest BCUT2D eigenvalue weighted by atomic mass is 10.2. The van der Waals surface area contributed by atoms with Crippen molar-refractivity contribution in [3.05, 3.63) is 48.5 Å². The lowest BCUT2D eigenvalue weighted by Crippen LogP contribution is -2.35. The fraction of sp³-hybridized carbons (Fsp3) is 0.318. The minimum Gasteiger partial charge on any atom is -0.444 e. The SMILES string of the molecule is CC(C)(C)OC(=O)NCC(=O)CCC(=O)Nc1ccc(N=Nc2ccc(N)cc2)cc1. The minimum atomic E-state index is -0.668. The van der Waals surface area contributed by atoms with E-state index in [1.807, 2.05) is 0 Å². The van der Waals surface area contributed by atoms with Crippen molar-refractivity contribution in [3.8, 4) is 0 Å². The van der Waals surface area contributed by atoms with Crippen LogP contribution in [0.3, 0.4) is 0 Å². The van der Waals surface area contributed by atoms with E-state index in [0.717, 1.165) is 0 Å². The first-order chi connectivity index (χ1) is 14.6. The van der Waals surface area contributed by atoms with Gasteiger partial charge in [-0.1, -0.05) is 0 Å². The summed E-state index contributed by atoms with van der Waals surface area (Å²) in [5, 5.41) is 13.3. The van der Waals surface area contributed by atoms with E-state index < -0.39 is 11.7 Å². The Morgan fingerprint density at radius 2 is 1.45 bits per heavy atom. The van der Waals surface area contributed by atoms with Crippen LogP contribution in [0, 0.1) is 0 Å². The Morgan fingerprint density at radius 1 is 0.903 bits per heavy atom. The second kappa shape index (κ2) is 10.9. The van der Waals surface area contributed by atoms with Crippen LogP contribution in [0.4, 0.5) is 27.5 Å². The number of carbonyl (C=O) groups is 3. The van der Waals surface area contributed by atoms with Gasteiger partial charge in [0.25, 0.3) is 0 Å². The summed E-state index contributed by atoms with van der Waals surface area (Å²) in [6.45, 7) is 5.01. The standard InChI is InChI=1S/C22H27N5O4/c1-22(2,3)31-21(30)24-14-19(28)12-13-20(29)25-16-8-10-18(11-9-16)27-26-17-6-4-15(23)5-7-17/h4-11H,12-14,23H2,1-3H3,(H,24,30)(H,25,29). The zero-order valence-electron chi connectivity index (χ0n) is 17.8. The van der Waals surface area contributed by atoms with Crippen LogP contribution in [-0.4, -0.2) is 29.9 Å². The third kappa shape index (κ3) is 9.53. The van der Waals surface area contributed by atoms with Gasteiger partial charge in [-0.25, -0.2) is 4.79 Å². The maximum Gasteiger partial charge on any atom is 0.408 e. The highest BCUT2D eigenvalue weighted by Crippen LogP contribution is 2.21. The molecule has 164 valence electrons. The first-order valence-corrected chi connectivity index (χ1v) is 9.76. The highest BCUT2D eigenvalue weighted by molar-refractivity contribution is 5.94. The van der Waals surface area contributed by atoms with Crippen molar-refractivity contribution in [3.63, 3.8) is 0 Å². The number of nitrogens with one attached hydrogen (secondary N) is 2. The predicted octanol–water partition coefficient (Wildman–Crippen LogP) is 4.50. The van der Waals surface area contributed by atoms with Crippen LogP contribution in [-0.2, 0) is 14.3 Å². The summed E-state index contributed by atoms with van der Waals surface area (Å²) in [4.78, 5) is 35.4. The molecule has 9 nitrogen and oxygen atoms in total. The summed E-state index contributed by atoms with van der Waals surface area (Å²) in [5.74, 6) is -0.568. The lowest BCUT2D eigenvalue weighted by Gasteiger charge is -2.19. The van der Waals surface area contributed by atoms with Crippen LogP contribution in [0.25, 0.3) is 0 Å². The van der Waals surface area contributed by atoms with E-state index in [9.17, 15) is 14.4 Å². The molecule has 0 aromatic heterocycles. The van der Waals surface area contributed by atoms with Gasteiger partial charge in [-0.3, -0.25) is 9.59 Å². The largest absolute Gasteiger partial charge is 0.444 e. The molecule has 2 aromatic carbocycles. The van der Waals surface area contributed by atoms with Gasteiger partial charge in [0.05, 0.1) is 17.9 Å². The predicted molar refractivity (Wildman–Crippen MR) is 119 cm³/mol. The third-order valence-corrected chi connectivity index (χ3v) is 3.78. The summed E-state index contributed by atoms with van der Waals surface area (Å²) in [5.41, 5.74) is 7.52. The number of anilines is 2. The topological polar surface area (TPSA) is 135 Å². The number of hydrogen-bond acceptors (Lipinski definition) is 7. The minimum absolute atomic E-state index is 0.00737. The molecular formula is C22H27N5O4. The van der Waals surface area contributed by atoms with E-state index in [-0.39, 0.29) is 31.1 Å². The molecule has 0 aliphatic carbocycles. The number of carbonyl (C=O) groups excluding carboxylic acids is 3. The number of rotatable bonds is 8. The molecule has 0 radical (unpaired) electrons. The van der Waals surface area contributed by atoms with Gasteiger partial charge in [0, 0.05) is 24.2 Å². The Bertz CT molecular complexity index is 932. The maximum absolute atomic E-state index is 12.0. The average Bonchev–Trinajstić information content (AvgIpc) is 2.70. The number of ether oxygens (including phenoxy) is 1. The van der Waals surface area contributed by atoms with Gasteiger partial charge in [-0.2, -0.15) is 10.2 Å². The van der Waals surface area contributed by atoms with Crippen molar-refractivity contribution in [2.45, 2.75) is 39.2 Å². The smallest absolute Gasteiger partial charge is 0.408 e. The summed E-state index contributed by atoms with van der Waals surface area (Å²) in [6, 6.07) is 13.8. The molecular weight excluding hydrogens is 398 g/mol. The summed E-state index contributed by atoms with van der Waals surface area (Å²) in [7, 11) is 0. The molecule has 0 aliphatic heterocycles. The zero-order valence-corrected chi connectivity index (χ0v) is 17.8. The maximum atomic E-state index is 12.0. The molecule has 0 bridgehead atoms. The molecule has 2 rings (SSSR count). The van der Waals surface area contributed by atoms with Crippen molar-refractivity contribution in [2.75, 3.05) is 17.6 Å². The van der Waals surface area contributed by atoms with Gasteiger partial charge in [0.15, 0.2) is 5.78 Å². The van der Waals surface area contributed by atoms with E-state index in [1.54, 1.807) is 69.3 Å². The van der Waals surface area contributed by atoms with Gasteiger partial charge in [0.2, 0.25) is 5.91 Å². The molecule has 9 heteroatoms. The zero-order chi connectivity index (χ0) is 22.9. The van der Waals surface area contributed by atoms with Gasteiger partial charge >= 0.3 is 6.09 Å². The van der Waals surface area contributed by atoms with E-state index in [1.165, 1.54) is 0 Å². The molecule has 0 saturated carbocycles. The number of nitrogens with two attached hydrogens (primary N) is 1. The van der Waals surface area contributed by atoms with Crippen molar-refractivity contribution < 1.29 is 19.1 Å². The first-order valence-electron chi connectivity index (χ1n) is 9.76. The molecule has 0 unspecified atom stereocenters. The van der Waals surface area contributed by atoms with Crippen molar-refractivity contribution >= 4 is 40.5 Å². The highest BCUT2D eigenvalue weighted by atomic mass is 16.6. The van der Waals surface area contributed by atoms with Crippen LogP contribution >= 0.6 is 0 Å². The van der Waals surface area contributed by atoms with Crippen LogP contribution in [0.5, 0.6) is 0 Å². The second-order valence-electron chi connectivity index (χ2n) is 7.78. The number of Topliss-reactive ketones (excluding diaryl/α,β-unsaturated/α-hetero) is 1. The molecule has 0 atom stereocenters. The fourth-order valence-corrected chi connectivity index (χ4v) is 2.32. The Morgan fingerprint density at radius 3 is 2.00 bits per heavy atom. The van der Waals surface area contributed by atoms with Crippen LogP contribution < -0.4 is 16.4 Å². The second-order valence-corrected chi connectivity index (χ2v) is 7.78. The summed E-state index contributed by atoms with van der Waals surface area (Å²) < 4.78 is 5.05. The van der Waals surface area contributed by atoms with Crippen LogP contribution in [0.1, 0.15) is 33.6 Å². The fourth-order valence-electron chi connectivity index (χ4n) is 2.32. The molecule has 2 amide bonds. The van der Waals surface area contributed by atoms with Gasteiger partial charge in [-0.15, -0.1) is 0 Å². The van der Waals surface area contributed by atoms with E-state index in [2.05, 4.69) is 20.9 Å². The van der Waals surface area contributed by atoms with Gasteiger partial charge < -0.3 is 21.1 Å². The third-order valence-electron chi connectivity index (χ3n) is 3.78. The molecule has 0 aliphatic rings. The van der Waals surface area contributed by atoms with E-state index >= 15 is 0 Å². The number of hydrogen-bond donors (Lipinski definition) is 3. The lowest BCUT2D eigenvalue weighted by molar-refractivity contribution is -0.122.